The average molecular weight is 327 g/mol. The summed E-state index contributed by atoms with van der Waals surface area (Å²) in [5, 5.41) is 13.0. The monoisotopic (exact) mass is 327 g/mol. The van der Waals surface area contributed by atoms with Gasteiger partial charge < -0.3 is 4.57 Å². The lowest BCUT2D eigenvalue weighted by atomic mass is 10.0. The van der Waals surface area contributed by atoms with Crippen molar-refractivity contribution in [2.24, 2.45) is 12.1 Å². The average Bonchev–Trinajstić information content (AvgIpc) is 3.08. The van der Waals surface area contributed by atoms with Crippen LogP contribution < -0.4 is 0 Å². The zero-order chi connectivity index (χ0) is 16.4. The van der Waals surface area contributed by atoms with Crippen molar-refractivity contribution in [1.29, 1.82) is 0 Å². The van der Waals surface area contributed by atoms with Crippen molar-refractivity contribution in [3.8, 4) is 0 Å². The van der Waals surface area contributed by atoms with Crippen LogP contribution in [0.5, 0.6) is 0 Å². The van der Waals surface area contributed by atoms with Crippen LogP contribution in [0.3, 0.4) is 0 Å². The molecule has 0 unspecified atom stereocenters. The molecule has 0 aliphatic heterocycles. The van der Waals surface area contributed by atoms with Gasteiger partial charge in [-0.25, -0.2) is 0 Å². The summed E-state index contributed by atoms with van der Waals surface area (Å²) in [7, 11) is 2.04. The van der Waals surface area contributed by atoms with Gasteiger partial charge >= 0.3 is 0 Å². The Labute approximate surface area is 140 Å². The molecule has 0 saturated heterocycles. The summed E-state index contributed by atoms with van der Waals surface area (Å²) in [5.74, 6) is 1.25. The van der Waals surface area contributed by atoms with Crippen LogP contribution in [-0.4, -0.2) is 25.7 Å². The van der Waals surface area contributed by atoms with E-state index in [0.717, 1.165) is 24.2 Å². The zero-order valence-electron chi connectivity index (χ0n) is 13.7. The Balaban J connectivity index is 2.03. The van der Waals surface area contributed by atoms with Crippen LogP contribution >= 0.6 is 12.2 Å². The van der Waals surface area contributed by atoms with E-state index in [0.29, 0.717) is 10.7 Å². The predicted octanol–water partition coefficient (Wildman–Crippen LogP) is 4.22. The first kappa shape index (κ1) is 15.7. The fourth-order valence-electron chi connectivity index (χ4n) is 2.93. The van der Waals surface area contributed by atoms with Crippen LogP contribution in [-0.2, 0) is 7.05 Å². The number of nitrogens with one attached hydrogen (secondary N) is 1. The normalized spacial score (nSPS) is 12.0. The largest absolute Gasteiger partial charge is 0.350 e. The highest BCUT2D eigenvalue weighted by Gasteiger charge is 2.15. The van der Waals surface area contributed by atoms with E-state index in [1.807, 2.05) is 25.4 Å². The Hall–Kier alpha value is -2.21. The first-order chi connectivity index (χ1) is 11.2. The highest BCUT2D eigenvalue weighted by Crippen LogP contribution is 2.22. The van der Waals surface area contributed by atoms with Gasteiger partial charge in [0.2, 0.25) is 4.77 Å². The summed E-state index contributed by atoms with van der Waals surface area (Å²) in [6, 6.07) is 8.29. The van der Waals surface area contributed by atoms with Gasteiger partial charge in [0, 0.05) is 35.6 Å². The zero-order valence-corrected chi connectivity index (χ0v) is 14.5. The lowest BCUT2D eigenvalue weighted by Gasteiger charge is -2.10. The van der Waals surface area contributed by atoms with Crippen molar-refractivity contribution in [2.45, 2.75) is 32.6 Å². The topological polar surface area (TPSA) is 50.9 Å². The van der Waals surface area contributed by atoms with Gasteiger partial charge in [0.05, 0.1) is 6.21 Å². The summed E-state index contributed by atoms with van der Waals surface area (Å²) < 4.78 is 4.38. The lowest BCUT2D eigenvalue weighted by Crippen LogP contribution is -2.05. The second-order valence-corrected chi connectivity index (χ2v) is 6.06. The number of fused-ring (bicyclic) bond motifs is 1. The molecule has 1 aromatic carbocycles. The number of aromatic amines is 1. The van der Waals surface area contributed by atoms with Crippen LogP contribution in [0.15, 0.2) is 35.6 Å². The molecule has 1 N–H and O–H groups in total. The molecule has 0 radical (unpaired) electrons. The summed E-state index contributed by atoms with van der Waals surface area (Å²) in [5.41, 5.74) is 2.26. The molecule has 0 aliphatic rings. The van der Waals surface area contributed by atoms with Crippen molar-refractivity contribution >= 4 is 29.3 Å². The highest BCUT2D eigenvalue weighted by molar-refractivity contribution is 7.71. The summed E-state index contributed by atoms with van der Waals surface area (Å²) in [4.78, 5) is 0. The SMILES string of the molecule is CCC(CC)c1n[nH]c(=S)n1/N=C\c1cn(C)c2ccccc12. The van der Waals surface area contributed by atoms with Crippen LogP contribution in [0.4, 0.5) is 0 Å². The van der Waals surface area contributed by atoms with Crippen molar-refractivity contribution in [3.05, 3.63) is 46.6 Å². The summed E-state index contributed by atoms with van der Waals surface area (Å²) in [6.07, 6.45) is 5.97. The molecule has 3 rings (SSSR count). The smallest absolute Gasteiger partial charge is 0.216 e. The number of hydrogen-bond donors (Lipinski definition) is 1. The first-order valence-corrected chi connectivity index (χ1v) is 8.32. The number of nitrogens with zero attached hydrogens (tertiary/aromatic N) is 4. The van der Waals surface area contributed by atoms with Crippen molar-refractivity contribution in [3.63, 3.8) is 0 Å². The number of aryl methyl sites for hydroxylation is 1. The number of rotatable bonds is 5. The minimum absolute atomic E-state index is 0.354. The molecule has 0 saturated carbocycles. The Morgan fingerprint density at radius 2 is 2.04 bits per heavy atom. The molecule has 120 valence electrons. The van der Waals surface area contributed by atoms with E-state index in [4.69, 9.17) is 12.2 Å². The maximum Gasteiger partial charge on any atom is 0.216 e. The molecule has 2 aromatic heterocycles. The van der Waals surface area contributed by atoms with E-state index in [2.05, 4.69) is 52.0 Å². The molecule has 6 heteroatoms. The molecule has 0 aliphatic carbocycles. The second kappa shape index (κ2) is 6.50. The third-order valence-electron chi connectivity index (χ3n) is 4.27. The first-order valence-electron chi connectivity index (χ1n) is 7.91. The van der Waals surface area contributed by atoms with Gasteiger partial charge in [-0.05, 0) is 31.1 Å². The van der Waals surface area contributed by atoms with Crippen molar-refractivity contribution in [1.82, 2.24) is 19.4 Å². The van der Waals surface area contributed by atoms with E-state index >= 15 is 0 Å². The highest BCUT2D eigenvalue weighted by atomic mass is 32.1. The fraction of sp³-hybridized carbons (Fsp3) is 0.353. The van der Waals surface area contributed by atoms with Gasteiger partial charge in [0.25, 0.3) is 0 Å². The van der Waals surface area contributed by atoms with Gasteiger partial charge in [-0.15, -0.1) is 0 Å². The van der Waals surface area contributed by atoms with Crippen LogP contribution in [0.25, 0.3) is 10.9 Å². The minimum atomic E-state index is 0.354. The standard InChI is InChI=1S/C17H21N5S/c1-4-12(5-2)16-19-20-17(23)22(16)18-10-13-11-21(3)15-9-7-6-8-14(13)15/h6-12H,4-5H2,1-3H3,(H,20,23)/b18-10-. The van der Waals surface area contributed by atoms with Gasteiger partial charge in [-0.3, -0.25) is 5.10 Å². The van der Waals surface area contributed by atoms with E-state index < -0.39 is 0 Å². The van der Waals surface area contributed by atoms with Gasteiger partial charge in [0.1, 0.15) is 0 Å². The number of para-hydroxylation sites is 1. The van der Waals surface area contributed by atoms with Crippen LogP contribution in [0.1, 0.15) is 44.0 Å². The molecule has 3 aromatic rings. The van der Waals surface area contributed by atoms with Crippen molar-refractivity contribution < 1.29 is 0 Å². The molecule has 0 atom stereocenters. The summed E-state index contributed by atoms with van der Waals surface area (Å²) >= 11 is 5.33. The van der Waals surface area contributed by atoms with E-state index in [1.54, 1.807) is 4.68 Å². The summed E-state index contributed by atoms with van der Waals surface area (Å²) in [6.45, 7) is 4.31. The fourth-order valence-corrected chi connectivity index (χ4v) is 3.12. The molecule has 0 fully saturated rings. The molecule has 23 heavy (non-hydrogen) atoms. The van der Waals surface area contributed by atoms with Crippen molar-refractivity contribution in [2.75, 3.05) is 0 Å². The Morgan fingerprint density at radius 1 is 1.30 bits per heavy atom. The molecular weight excluding hydrogens is 306 g/mol. The Kier molecular flexibility index (Phi) is 4.43. The quantitative estimate of drug-likeness (QED) is 0.563. The molecule has 0 spiro atoms. The number of hydrogen-bond acceptors (Lipinski definition) is 3. The van der Waals surface area contributed by atoms with Crippen LogP contribution in [0, 0.1) is 4.77 Å². The third kappa shape index (κ3) is 2.86. The maximum atomic E-state index is 5.33. The molecular formula is C17H21N5S. The maximum absolute atomic E-state index is 5.33. The number of aromatic nitrogens is 4. The predicted molar refractivity (Wildman–Crippen MR) is 96.6 cm³/mol. The minimum Gasteiger partial charge on any atom is -0.350 e. The van der Waals surface area contributed by atoms with E-state index in [-0.39, 0.29) is 0 Å². The lowest BCUT2D eigenvalue weighted by molar-refractivity contribution is 0.571. The van der Waals surface area contributed by atoms with Gasteiger partial charge in [-0.2, -0.15) is 14.9 Å². The Bertz CT molecular complexity index is 895. The Morgan fingerprint density at radius 3 is 2.78 bits per heavy atom. The molecule has 5 nitrogen and oxygen atoms in total. The van der Waals surface area contributed by atoms with E-state index in [9.17, 15) is 0 Å². The molecule has 2 heterocycles. The van der Waals surface area contributed by atoms with Gasteiger partial charge in [0.15, 0.2) is 5.82 Å². The molecule has 0 amide bonds. The molecule has 0 bridgehead atoms. The van der Waals surface area contributed by atoms with Gasteiger partial charge in [-0.1, -0.05) is 32.0 Å². The third-order valence-corrected chi connectivity index (χ3v) is 4.53. The van der Waals surface area contributed by atoms with Crippen LogP contribution in [0.2, 0.25) is 0 Å². The van der Waals surface area contributed by atoms with E-state index in [1.165, 1.54) is 10.9 Å². The number of benzene rings is 1. The number of H-pyrrole nitrogens is 1. The second-order valence-electron chi connectivity index (χ2n) is 5.67.